The molecule has 0 spiro atoms. The van der Waals surface area contributed by atoms with Crippen LogP contribution in [0.15, 0.2) is 6.07 Å². The molecule has 0 unspecified atom stereocenters. The zero-order valence-electron chi connectivity index (χ0n) is 10.7. The van der Waals surface area contributed by atoms with Gasteiger partial charge in [-0.1, -0.05) is 0 Å². The maximum Gasteiger partial charge on any atom is 0.257 e. The molecule has 5 nitrogen and oxygen atoms in total. The molecule has 2 rings (SSSR count). The van der Waals surface area contributed by atoms with Crippen molar-refractivity contribution in [2.24, 2.45) is 0 Å². The van der Waals surface area contributed by atoms with Gasteiger partial charge in [0.1, 0.15) is 5.56 Å². The molecular weight excluding hydrogens is 248 g/mol. The van der Waals surface area contributed by atoms with E-state index in [0.29, 0.717) is 29.2 Å². The van der Waals surface area contributed by atoms with E-state index in [2.05, 4.69) is 28.0 Å². The summed E-state index contributed by atoms with van der Waals surface area (Å²) in [5.41, 5.74) is 3.69. The number of nitrogens with one attached hydrogen (secondary N) is 1. The Bertz CT molecular complexity index is 606. The predicted molar refractivity (Wildman–Crippen MR) is 73.4 cm³/mol. The van der Waals surface area contributed by atoms with Gasteiger partial charge >= 0.3 is 0 Å². The molecule has 0 fully saturated rings. The van der Waals surface area contributed by atoms with Crippen LogP contribution in [0.4, 0.5) is 0 Å². The Balaban J connectivity index is 2.56. The van der Waals surface area contributed by atoms with Crippen molar-refractivity contribution in [3.63, 3.8) is 0 Å². The van der Waals surface area contributed by atoms with Crippen LogP contribution in [0.5, 0.6) is 0 Å². The molecule has 1 amide bonds. The Morgan fingerprint density at radius 1 is 1.44 bits per heavy atom. The largest absolute Gasteiger partial charge is 0.351 e. The average Bonchev–Trinajstić information content (AvgIpc) is 2.63. The van der Waals surface area contributed by atoms with E-state index in [-0.39, 0.29) is 5.91 Å². The van der Waals surface area contributed by atoms with Crippen LogP contribution in [-0.4, -0.2) is 32.8 Å². The van der Waals surface area contributed by atoms with Crippen molar-refractivity contribution >= 4 is 24.2 Å². The molecule has 0 aromatic carbocycles. The fourth-order valence-electron chi connectivity index (χ4n) is 1.95. The van der Waals surface area contributed by atoms with E-state index in [1.165, 1.54) is 0 Å². The highest BCUT2D eigenvalue weighted by Gasteiger charge is 2.18. The van der Waals surface area contributed by atoms with Gasteiger partial charge in [-0.3, -0.25) is 4.79 Å². The molecule has 0 saturated carbocycles. The number of thiol groups is 1. The van der Waals surface area contributed by atoms with Crippen LogP contribution in [0.2, 0.25) is 0 Å². The lowest BCUT2D eigenvalue weighted by Crippen LogP contribution is -2.26. The van der Waals surface area contributed by atoms with E-state index in [1.807, 2.05) is 26.8 Å². The van der Waals surface area contributed by atoms with E-state index in [0.717, 1.165) is 11.4 Å². The number of hydrogen-bond acceptors (Lipinski definition) is 4. The molecule has 0 aliphatic rings. The second kappa shape index (κ2) is 4.97. The van der Waals surface area contributed by atoms with E-state index < -0.39 is 0 Å². The van der Waals surface area contributed by atoms with Crippen LogP contribution in [-0.2, 0) is 0 Å². The number of aromatic nitrogens is 3. The topological polar surface area (TPSA) is 59.3 Å². The first-order valence-corrected chi connectivity index (χ1v) is 6.40. The quantitative estimate of drug-likeness (QED) is 0.822. The second-order valence-electron chi connectivity index (χ2n) is 4.21. The Labute approximate surface area is 111 Å². The predicted octanol–water partition coefficient (Wildman–Crippen LogP) is 1.31. The van der Waals surface area contributed by atoms with Gasteiger partial charge in [-0.05, 0) is 26.8 Å². The van der Waals surface area contributed by atoms with Gasteiger partial charge in [0.15, 0.2) is 5.65 Å². The minimum Gasteiger partial charge on any atom is -0.351 e. The third-order valence-corrected chi connectivity index (χ3v) is 2.92. The standard InChI is InChI=1S/C12H16N4OS/c1-7-6-8(2)16-11(14-7)10(9(3)15-16)12(17)13-4-5-18/h6,18H,4-5H2,1-3H3,(H,13,17). The van der Waals surface area contributed by atoms with Gasteiger partial charge in [0, 0.05) is 23.7 Å². The van der Waals surface area contributed by atoms with Gasteiger partial charge in [0.2, 0.25) is 0 Å². The molecule has 0 saturated heterocycles. The molecule has 1 N–H and O–H groups in total. The number of nitrogens with zero attached hydrogens (tertiary/aromatic N) is 3. The lowest BCUT2D eigenvalue weighted by Gasteiger charge is -2.03. The first-order chi connectivity index (χ1) is 8.54. The number of fused-ring (bicyclic) bond motifs is 1. The highest BCUT2D eigenvalue weighted by Crippen LogP contribution is 2.15. The zero-order chi connectivity index (χ0) is 13.3. The SMILES string of the molecule is Cc1cc(C)n2nc(C)c(C(=O)NCCS)c2n1. The maximum absolute atomic E-state index is 12.1. The molecule has 0 atom stereocenters. The minimum absolute atomic E-state index is 0.144. The van der Waals surface area contributed by atoms with Crippen LogP contribution >= 0.6 is 12.6 Å². The second-order valence-corrected chi connectivity index (χ2v) is 4.66. The lowest BCUT2D eigenvalue weighted by atomic mass is 10.2. The Kier molecular flexibility index (Phi) is 3.56. The zero-order valence-corrected chi connectivity index (χ0v) is 11.6. The van der Waals surface area contributed by atoms with Crippen molar-refractivity contribution in [2.75, 3.05) is 12.3 Å². The Morgan fingerprint density at radius 2 is 2.17 bits per heavy atom. The average molecular weight is 264 g/mol. The molecule has 2 aromatic heterocycles. The maximum atomic E-state index is 12.1. The monoisotopic (exact) mass is 264 g/mol. The van der Waals surface area contributed by atoms with E-state index in [9.17, 15) is 4.79 Å². The highest BCUT2D eigenvalue weighted by molar-refractivity contribution is 7.80. The molecule has 6 heteroatoms. The van der Waals surface area contributed by atoms with Crippen LogP contribution < -0.4 is 5.32 Å². The van der Waals surface area contributed by atoms with Crippen molar-refractivity contribution in [1.82, 2.24) is 19.9 Å². The summed E-state index contributed by atoms with van der Waals surface area (Å²) in [4.78, 5) is 16.5. The molecule has 2 heterocycles. The van der Waals surface area contributed by atoms with Gasteiger partial charge in [-0.15, -0.1) is 0 Å². The molecule has 2 aromatic rings. The van der Waals surface area contributed by atoms with E-state index >= 15 is 0 Å². The van der Waals surface area contributed by atoms with Crippen molar-refractivity contribution in [2.45, 2.75) is 20.8 Å². The third kappa shape index (κ3) is 2.20. The summed E-state index contributed by atoms with van der Waals surface area (Å²) in [6.45, 7) is 6.21. The van der Waals surface area contributed by atoms with Crippen molar-refractivity contribution in [1.29, 1.82) is 0 Å². The summed E-state index contributed by atoms with van der Waals surface area (Å²) in [5, 5.41) is 7.16. The summed E-state index contributed by atoms with van der Waals surface area (Å²) >= 11 is 4.07. The number of carbonyl (C=O) groups excluding carboxylic acids is 1. The van der Waals surface area contributed by atoms with Crippen molar-refractivity contribution < 1.29 is 4.79 Å². The van der Waals surface area contributed by atoms with Gasteiger partial charge in [-0.25, -0.2) is 9.50 Å². The lowest BCUT2D eigenvalue weighted by molar-refractivity contribution is 0.0957. The Hall–Kier alpha value is -1.56. The van der Waals surface area contributed by atoms with Gasteiger partial charge < -0.3 is 5.32 Å². The minimum atomic E-state index is -0.144. The summed E-state index contributed by atoms with van der Waals surface area (Å²) in [6, 6.07) is 1.94. The van der Waals surface area contributed by atoms with Crippen LogP contribution in [0.25, 0.3) is 5.65 Å². The summed E-state index contributed by atoms with van der Waals surface area (Å²) in [6.07, 6.45) is 0. The van der Waals surface area contributed by atoms with Crippen molar-refractivity contribution in [3.8, 4) is 0 Å². The smallest absolute Gasteiger partial charge is 0.257 e. The highest BCUT2D eigenvalue weighted by atomic mass is 32.1. The summed E-state index contributed by atoms with van der Waals surface area (Å²) in [5.74, 6) is 0.462. The molecule has 96 valence electrons. The number of aryl methyl sites for hydroxylation is 3. The molecule has 18 heavy (non-hydrogen) atoms. The number of carbonyl (C=O) groups is 1. The van der Waals surface area contributed by atoms with Crippen molar-refractivity contribution in [3.05, 3.63) is 28.7 Å². The number of hydrogen-bond donors (Lipinski definition) is 2. The third-order valence-electron chi connectivity index (χ3n) is 2.69. The fourth-order valence-corrected chi connectivity index (χ4v) is 2.06. The first-order valence-electron chi connectivity index (χ1n) is 5.77. The molecule has 0 aliphatic heterocycles. The molecular formula is C12H16N4OS. The van der Waals surface area contributed by atoms with Gasteiger partial charge in [0.25, 0.3) is 5.91 Å². The summed E-state index contributed by atoms with van der Waals surface area (Å²) < 4.78 is 1.71. The van der Waals surface area contributed by atoms with Crippen LogP contribution in [0, 0.1) is 20.8 Å². The normalized spacial score (nSPS) is 10.9. The van der Waals surface area contributed by atoms with Gasteiger partial charge in [-0.2, -0.15) is 17.7 Å². The number of amides is 1. The van der Waals surface area contributed by atoms with Crippen LogP contribution in [0.1, 0.15) is 27.4 Å². The number of rotatable bonds is 3. The van der Waals surface area contributed by atoms with E-state index in [1.54, 1.807) is 4.52 Å². The van der Waals surface area contributed by atoms with E-state index in [4.69, 9.17) is 0 Å². The van der Waals surface area contributed by atoms with Crippen LogP contribution in [0.3, 0.4) is 0 Å². The first kappa shape index (κ1) is 12.9. The molecule has 0 radical (unpaired) electrons. The fraction of sp³-hybridized carbons (Fsp3) is 0.417. The molecule has 0 bridgehead atoms. The van der Waals surface area contributed by atoms with Gasteiger partial charge in [0.05, 0.1) is 5.69 Å². The summed E-state index contributed by atoms with van der Waals surface area (Å²) in [7, 11) is 0. The Morgan fingerprint density at radius 3 is 2.83 bits per heavy atom. The molecule has 0 aliphatic carbocycles.